The van der Waals surface area contributed by atoms with E-state index in [9.17, 15) is 0 Å². The van der Waals surface area contributed by atoms with E-state index >= 15 is 0 Å². The molecule has 10 N–H and O–H groups in total. The lowest BCUT2D eigenvalue weighted by Crippen LogP contribution is -2.32. The van der Waals surface area contributed by atoms with Crippen LogP contribution in [-0.2, 0) is 0 Å². The van der Waals surface area contributed by atoms with E-state index in [0.717, 1.165) is 45.7 Å². The minimum absolute atomic E-state index is 0.705. The van der Waals surface area contributed by atoms with Crippen molar-refractivity contribution in [2.24, 2.45) is 22.9 Å². The van der Waals surface area contributed by atoms with E-state index in [1.165, 1.54) is 0 Å². The molecular weight excluding hydrogens is 192 g/mol. The molecule has 0 unspecified atom stereocenters. The molecule has 0 aromatic carbocycles. The zero-order chi connectivity index (χ0) is 11.8. The van der Waals surface area contributed by atoms with Gasteiger partial charge in [-0.1, -0.05) is 0 Å². The highest BCUT2D eigenvalue weighted by Gasteiger charge is 1.83. The Labute approximate surface area is 93.1 Å². The minimum Gasteiger partial charge on any atom is -0.330 e. The maximum absolute atomic E-state index is 5.27. The Morgan fingerprint density at radius 1 is 0.533 bits per heavy atom. The van der Waals surface area contributed by atoms with Gasteiger partial charge in [-0.15, -0.1) is 0 Å². The van der Waals surface area contributed by atoms with Crippen molar-refractivity contribution in [2.75, 3.05) is 52.4 Å². The third-order valence-electron chi connectivity index (χ3n) is 1.53. The van der Waals surface area contributed by atoms with Crippen molar-refractivity contribution in [2.45, 2.75) is 6.42 Å². The molecule has 0 aliphatic carbocycles. The van der Waals surface area contributed by atoms with E-state index in [-0.39, 0.29) is 0 Å². The topological polar surface area (TPSA) is 128 Å². The summed E-state index contributed by atoms with van der Waals surface area (Å²) in [5.74, 6) is 0. The number of nitrogens with one attached hydrogen (secondary N) is 2. The average molecular weight is 220 g/mol. The summed E-state index contributed by atoms with van der Waals surface area (Å²) in [5.41, 5.74) is 20.7. The summed E-state index contributed by atoms with van der Waals surface area (Å²) < 4.78 is 0. The summed E-state index contributed by atoms with van der Waals surface area (Å²) in [5, 5.41) is 6.33. The summed E-state index contributed by atoms with van der Waals surface area (Å²) in [6.45, 7) is 6.57. The van der Waals surface area contributed by atoms with Crippen LogP contribution in [0.25, 0.3) is 0 Å². The maximum atomic E-state index is 5.27. The number of nitrogens with two attached hydrogens (primary N) is 4. The van der Waals surface area contributed by atoms with Crippen molar-refractivity contribution >= 4 is 0 Å². The van der Waals surface area contributed by atoms with E-state index in [4.69, 9.17) is 22.9 Å². The molecule has 0 bridgehead atoms. The van der Waals surface area contributed by atoms with Gasteiger partial charge in [-0.25, -0.2) is 0 Å². The van der Waals surface area contributed by atoms with Gasteiger partial charge in [0.25, 0.3) is 0 Å². The Morgan fingerprint density at radius 2 is 0.933 bits per heavy atom. The third-order valence-corrected chi connectivity index (χ3v) is 1.53. The molecule has 0 aromatic heterocycles. The second kappa shape index (κ2) is 19.4. The van der Waals surface area contributed by atoms with Crippen LogP contribution in [0.1, 0.15) is 6.42 Å². The van der Waals surface area contributed by atoms with Gasteiger partial charge in [-0.05, 0) is 19.5 Å². The van der Waals surface area contributed by atoms with E-state index in [1.54, 1.807) is 0 Å². The van der Waals surface area contributed by atoms with E-state index < -0.39 is 0 Å². The van der Waals surface area contributed by atoms with Crippen LogP contribution in [0.2, 0.25) is 0 Å². The van der Waals surface area contributed by atoms with Gasteiger partial charge >= 0.3 is 0 Å². The van der Waals surface area contributed by atoms with E-state index in [0.29, 0.717) is 13.1 Å². The lowest BCUT2D eigenvalue weighted by Gasteiger charge is -2.03. The molecule has 0 aromatic rings. The molecule has 0 atom stereocenters. The Hall–Kier alpha value is -0.240. The molecule has 15 heavy (non-hydrogen) atoms. The van der Waals surface area contributed by atoms with Crippen molar-refractivity contribution in [3.8, 4) is 0 Å². The van der Waals surface area contributed by atoms with Crippen LogP contribution in [0.15, 0.2) is 0 Å². The van der Waals surface area contributed by atoms with Crippen LogP contribution < -0.4 is 33.6 Å². The molecule has 0 saturated heterocycles. The fraction of sp³-hybridized carbons (Fsp3) is 1.00. The van der Waals surface area contributed by atoms with Crippen LogP contribution in [0, 0.1) is 0 Å². The van der Waals surface area contributed by atoms with Crippen LogP contribution in [0.5, 0.6) is 0 Å². The van der Waals surface area contributed by atoms with E-state index in [2.05, 4.69) is 10.6 Å². The highest BCUT2D eigenvalue weighted by molar-refractivity contribution is 4.51. The normalized spacial score (nSPS) is 9.60. The van der Waals surface area contributed by atoms with Gasteiger partial charge in [-0.3, -0.25) is 0 Å². The fourth-order valence-corrected chi connectivity index (χ4v) is 0.749. The van der Waals surface area contributed by atoms with Crippen molar-refractivity contribution in [1.82, 2.24) is 10.6 Å². The molecular formula is C9H28N6. The van der Waals surface area contributed by atoms with Gasteiger partial charge in [0.05, 0.1) is 0 Å². The molecule has 0 aliphatic heterocycles. The lowest BCUT2D eigenvalue weighted by molar-refractivity contribution is 0.618. The first-order valence-corrected chi connectivity index (χ1v) is 5.55. The van der Waals surface area contributed by atoms with Crippen LogP contribution in [0.4, 0.5) is 0 Å². The number of rotatable bonds is 9. The van der Waals surface area contributed by atoms with Crippen LogP contribution >= 0.6 is 0 Å². The third kappa shape index (κ3) is 24.8. The monoisotopic (exact) mass is 220 g/mol. The van der Waals surface area contributed by atoms with Crippen molar-refractivity contribution in [3.05, 3.63) is 0 Å². The van der Waals surface area contributed by atoms with Crippen molar-refractivity contribution in [3.63, 3.8) is 0 Å². The largest absolute Gasteiger partial charge is 0.330 e. The average Bonchev–Trinajstić information content (AvgIpc) is 2.25. The molecule has 0 heterocycles. The van der Waals surface area contributed by atoms with Gasteiger partial charge in [0.2, 0.25) is 0 Å². The van der Waals surface area contributed by atoms with Gasteiger partial charge in [-0.2, -0.15) is 0 Å². The highest BCUT2D eigenvalue weighted by atomic mass is 14.9. The highest BCUT2D eigenvalue weighted by Crippen LogP contribution is 1.58. The van der Waals surface area contributed by atoms with Gasteiger partial charge < -0.3 is 33.6 Å². The van der Waals surface area contributed by atoms with Crippen LogP contribution in [0.3, 0.4) is 0 Å². The molecule has 0 rings (SSSR count). The quantitative estimate of drug-likeness (QED) is 0.236. The molecule has 6 heteroatoms. The van der Waals surface area contributed by atoms with Crippen molar-refractivity contribution < 1.29 is 0 Å². The SMILES string of the molecule is NCCCN.NCCNCCNCCN. The summed E-state index contributed by atoms with van der Waals surface area (Å²) in [7, 11) is 0. The molecule has 0 aliphatic rings. The fourth-order valence-electron chi connectivity index (χ4n) is 0.749. The summed E-state index contributed by atoms with van der Waals surface area (Å²) in [6, 6.07) is 0. The van der Waals surface area contributed by atoms with Crippen molar-refractivity contribution in [1.29, 1.82) is 0 Å². The zero-order valence-corrected chi connectivity index (χ0v) is 9.67. The second-order valence-electron chi connectivity index (χ2n) is 3.01. The summed E-state index contributed by atoms with van der Waals surface area (Å²) in [6.07, 6.45) is 0.944. The Balaban J connectivity index is 0. The van der Waals surface area contributed by atoms with Gasteiger partial charge in [0.1, 0.15) is 0 Å². The maximum Gasteiger partial charge on any atom is 0.00772 e. The molecule has 6 nitrogen and oxygen atoms in total. The molecule has 0 fully saturated rings. The Morgan fingerprint density at radius 3 is 1.13 bits per heavy atom. The minimum atomic E-state index is 0.705. The Bertz CT molecular complexity index is 80.7. The lowest BCUT2D eigenvalue weighted by atomic mass is 10.4. The predicted octanol–water partition coefficient (Wildman–Crippen LogP) is -2.62. The zero-order valence-electron chi connectivity index (χ0n) is 9.67. The van der Waals surface area contributed by atoms with Gasteiger partial charge in [0.15, 0.2) is 0 Å². The van der Waals surface area contributed by atoms with Crippen LogP contribution in [-0.4, -0.2) is 52.4 Å². The molecule has 0 saturated carbocycles. The molecule has 94 valence electrons. The summed E-state index contributed by atoms with van der Waals surface area (Å²) >= 11 is 0. The first kappa shape index (κ1) is 17.2. The molecule has 0 spiro atoms. The number of hydrogen-bond donors (Lipinski definition) is 6. The smallest absolute Gasteiger partial charge is 0.00772 e. The molecule has 0 amide bonds. The predicted molar refractivity (Wildman–Crippen MR) is 66.6 cm³/mol. The summed E-state index contributed by atoms with van der Waals surface area (Å²) in [4.78, 5) is 0. The first-order valence-electron chi connectivity index (χ1n) is 5.55. The Kier molecular flexibility index (Phi) is 22.1. The van der Waals surface area contributed by atoms with Gasteiger partial charge in [0, 0.05) is 39.3 Å². The molecule has 0 radical (unpaired) electrons. The van der Waals surface area contributed by atoms with E-state index in [1.807, 2.05) is 0 Å². The first-order chi connectivity index (χ1) is 7.33. The standard InChI is InChI=1S/C6H18N4.C3H10N2/c7-1-3-9-5-6-10-4-2-8;4-2-1-3-5/h9-10H,1-8H2;1-5H2. The number of hydrogen-bond acceptors (Lipinski definition) is 6. The second-order valence-corrected chi connectivity index (χ2v) is 3.01.